The average molecular weight is 251 g/mol. The normalized spacial score (nSPS) is 18.5. The van der Waals surface area contributed by atoms with Crippen LogP contribution in [0, 0.1) is 5.92 Å². The SMILES string of the molecule is CNC(c1c(OC)cnn1C(C)C)C1CCCC1. The molecule has 1 fully saturated rings. The summed E-state index contributed by atoms with van der Waals surface area (Å²) in [5.74, 6) is 1.62. The third-order valence-electron chi connectivity index (χ3n) is 3.98. The molecule has 0 amide bonds. The quantitative estimate of drug-likeness (QED) is 0.874. The minimum atomic E-state index is 0.354. The van der Waals surface area contributed by atoms with E-state index in [1.807, 2.05) is 13.2 Å². The summed E-state index contributed by atoms with van der Waals surface area (Å²) in [5, 5.41) is 7.95. The van der Waals surface area contributed by atoms with E-state index in [9.17, 15) is 0 Å². The van der Waals surface area contributed by atoms with Crippen LogP contribution in [0.1, 0.15) is 57.3 Å². The highest BCUT2D eigenvalue weighted by molar-refractivity contribution is 5.29. The van der Waals surface area contributed by atoms with Crippen LogP contribution in [0.25, 0.3) is 0 Å². The number of rotatable bonds is 5. The van der Waals surface area contributed by atoms with Crippen LogP contribution in [0.15, 0.2) is 6.20 Å². The third kappa shape index (κ3) is 2.39. The number of nitrogens with one attached hydrogen (secondary N) is 1. The molecule has 0 radical (unpaired) electrons. The number of aromatic nitrogens is 2. The van der Waals surface area contributed by atoms with Crippen LogP contribution < -0.4 is 10.1 Å². The van der Waals surface area contributed by atoms with Crippen molar-refractivity contribution in [1.29, 1.82) is 0 Å². The molecular formula is C14H25N3O. The fraction of sp³-hybridized carbons (Fsp3) is 0.786. The first kappa shape index (κ1) is 13.4. The molecule has 102 valence electrons. The molecule has 1 aliphatic rings. The summed E-state index contributed by atoms with van der Waals surface area (Å²) in [5.41, 5.74) is 1.21. The highest BCUT2D eigenvalue weighted by Crippen LogP contribution is 2.39. The second kappa shape index (κ2) is 5.74. The maximum atomic E-state index is 5.50. The van der Waals surface area contributed by atoms with Gasteiger partial charge in [-0.1, -0.05) is 12.8 Å². The molecule has 0 aromatic carbocycles. The minimum Gasteiger partial charge on any atom is -0.493 e. The lowest BCUT2D eigenvalue weighted by molar-refractivity contribution is 0.333. The van der Waals surface area contributed by atoms with Gasteiger partial charge in [0.05, 0.1) is 25.0 Å². The van der Waals surface area contributed by atoms with Gasteiger partial charge >= 0.3 is 0 Å². The van der Waals surface area contributed by atoms with Crippen LogP contribution in [0.4, 0.5) is 0 Å². The minimum absolute atomic E-state index is 0.354. The van der Waals surface area contributed by atoms with Gasteiger partial charge in [0.1, 0.15) is 0 Å². The molecule has 0 spiro atoms. The Labute approximate surface area is 110 Å². The van der Waals surface area contributed by atoms with E-state index in [-0.39, 0.29) is 0 Å². The maximum Gasteiger partial charge on any atom is 0.161 e. The van der Waals surface area contributed by atoms with Crippen molar-refractivity contribution in [2.45, 2.75) is 51.6 Å². The Bertz CT molecular complexity index is 380. The van der Waals surface area contributed by atoms with Gasteiger partial charge in [0.25, 0.3) is 0 Å². The molecule has 1 aliphatic carbocycles. The fourth-order valence-corrected chi connectivity index (χ4v) is 3.11. The van der Waals surface area contributed by atoms with E-state index in [0.717, 1.165) is 5.75 Å². The third-order valence-corrected chi connectivity index (χ3v) is 3.98. The second-order valence-electron chi connectivity index (χ2n) is 5.45. The zero-order valence-corrected chi connectivity index (χ0v) is 11.9. The van der Waals surface area contributed by atoms with Gasteiger partial charge in [0.15, 0.2) is 5.75 Å². The molecule has 1 unspecified atom stereocenters. The van der Waals surface area contributed by atoms with Crippen LogP contribution in [0.2, 0.25) is 0 Å². The van der Waals surface area contributed by atoms with E-state index in [1.165, 1.54) is 31.4 Å². The topological polar surface area (TPSA) is 39.1 Å². The molecule has 1 saturated carbocycles. The Morgan fingerprint density at radius 1 is 1.39 bits per heavy atom. The summed E-state index contributed by atoms with van der Waals surface area (Å²) in [4.78, 5) is 0. The molecule has 2 rings (SSSR count). The van der Waals surface area contributed by atoms with Crippen molar-refractivity contribution in [3.8, 4) is 5.75 Å². The largest absolute Gasteiger partial charge is 0.493 e. The molecule has 0 bridgehead atoms. The monoisotopic (exact) mass is 251 g/mol. The van der Waals surface area contributed by atoms with Gasteiger partial charge in [-0.2, -0.15) is 5.10 Å². The summed E-state index contributed by atoms with van der Waals surface area (Å²) in [6.45, 7) is 4.33. The molecule has 1 N–H and O–H groups in total. The van der Waals surface area contributed by atoms with Crippen LogP contribution >= 0.6 is 0 Å². The first-order valence-electron chi connectivity index (χ1n) is 6.97. The smallest absolute Gasteiger partial charge is 0.161 e. The number of hydrogen-bond donors (Lipinski definition) is 1. The highest BCUT2D eigenvalue weighted by Gasteiger charge is 2.30. The van der Waals surface area contributed by atoms with Gasteiger partial charge in [-0.3, -0.25) is 4.68 Å². The second-order valence-corrected chi connectivity index (χ2v) is 5.45. The van der Waals surface area contributed by atoms with Crippen molar-refractivity contribution in [2.75, 3.05) is 14.2 Å². The van der Waals surface area contributed by atoms with Crippen molar-refractivity contribution in [1.82, 2.24) is 15.1 Å². The van der Waals surface area contributed by atoms with Crippen LogP contribution in [0.3, 0.4) is 0 Å². The van der Waals surface area contributed by atoms with Crippen molar-refractivity contribution >= 4 is 0 Å². The molecule has 4 heteroatoms. The predicted octanol–water partition coefficient (Wildman–Crippen LogP) is 2.92. The zero-order valence-electron chi connectivity index (χ0n) is 11.9. The molecule has 0 aliphatic heterocycles. The summed E-state index contributed by atoms with van der Waals surface area (Å²) >= 11 is 0. The molecule has 1 heterocycles. The zero-order chi connectivity index (χ0) is 13.1. The van der Waals surface area contributed by atoms with Crippen LogP contribution in [0.5, 0.6) is 5.75 Å². The lowest BCUT2D eigenvalue weighted by atomic mass is 9.94. The summed E-state index contributed by atoms with van der Waals surface area (Å²) in [7, 11) is 3.77. The fourth-order valence-electron chi connectivity index (χ4n) is 3.11. The average Bonchev–Trinajstić information content (AvgIpc) is 2.99. The summed E-state index contributed by atoms with van der Waals surface area (Å²) in [6, 6.07) is 0.716. The van der Waals surface area contributed by atoms with Crippen molar-refractivity contribution in [3.63, 3.8) is 0 Å². The summed E-state index contributed by atoms with van der Waals surface area (Å²) in [6.07, 6.45) is 7.15. The lowest BCUT2D eigenvalue weighted by Crippen LogP contribution is -2.27. The van der Waals surface area contributed by atoms with Gasteiger partial charge < -0.3 is 10.1 Å². The Morgan fingerprint density at radius 2 is 2.06 bits per heavy atom. The lowest BCUT2D eigenvalue weighted by Gasteiger charge is -2.26. The standard InChI is InChI=1S/C14H25N3O/c1-10(2)17-14(12(18-4)9-16-17)13(15-3)11-7-5-6-8-11/h9-11,13,15H,5-8H2,1-4H3. The van der Waals surface area contributed by atoms with Crippen LogP contribution in [-0.2, 0) is 0 Å². The van der Waals surface area contributed by atoms with Gasteiger partial charge in [-0.25, -0.2) is 0 Å². The van der Waals surface area contributed by atoms with E-state index < -0.39 is 0 Å². The number of hydrogen-bond acceptors (Lipinski definition) is 3. The van der Waals surface area contributed by atoms with Gasteiger partial charge in [-0.15, -0.1) is 0 Å². The van der Waals surface area contributed by atoms with E-state index >= 15 is 0 Å². The Hall–Kier alpha value is -1.03. The molecule has 0 saturated heterocycles. The van der Waals surface area contributed by atoms with Crippen molar-refractivity contribution < 1.29 is 4.74 Å². The molecular weight excluding hydrogens is 226 g/mol. The summed E-state index contributed by atoms with van der Waals surface area (Å²) < 4.78 is 7.59. The van der Waals surface area contributed by atoms with Crippen molar-refractivity contribution in [3.05, 3.63) is 11.9 Å². The van der Waals surface area contributed by atoms with Gasteiger partial charge in [0, 0.05) is 6.04 Å². The van der Waals surface area contributed by atoms with E-state index in [4.69, 9.17) is 4.74 Å². The first-order chi connectivity index (χ1) is 8.69. The van der Waals surface area contributed by atoms with Crippen LogP contribution in [-0.4, -0.2) is 23.9 Å². The Kier molecular flexibility index (Phi) is 4.27. The first-order valence-corrected chi connectivity index (χ1v) is 6.97. The Balaban J connectivity index is 2.35. The number of nitrogens with zero attached hydrogens (tertiary/aromatic N) is 2. The maximum absolute atomic E-state index is 5.50. The Morgan fingerprint density at radius 3 is 2.56 bits per heavy atom. The molecule has 1 atom stereocenters. The molecule has 4 nitrogen and oxygen atoms in total. The van der Waals surface area contributed by atoms with E-state index in [2.05, 4.69) is 28.9 Å². The van der Waals surface area contributed by atoms with E-state index in [1.54, 1.807) is 7.11 Å². The molecule has 18 heavy (non-hydrogen) atoms. The van der Waals surface area contributed by atoms with Crippen molar-refractivity contribution in [2.24, 2.45) is 5.92 Å². The molecule has 1 aromatic heterocycles. The van der Waals surface area contributed by atoms with Gasteiger partial charge in [-0.05, 0) is 39.7 Å². The van der Waals surface area contributed by atoms with E-state index in [0.29, 0.717) is 18.0 Å². The highest BCUT2D eigenvalue weighted by atomic mass is 16.5. The van der Waals surface area contributed by atoms with Gasteiger partial charge in [0.2, 0.25) is 0 Å². The number of ether oxygens (including phenoxy) is 1. The number of methoxy groups -OCH3 is 1. The predicted molar refractivity (Wildman–Crippen MR) is 72.9 cm³/mol. The molecule has 1 aromatic rings.